The van der Waals surface area contributed by atoms with Crippen LogP contribution in [0.4, 0.5) is 0 Å². The summed E-state index contributed by atoms with van der Waals surface area (Å²) in [5, 5.41) is 0. The molecule has 3 aliphatic carbocycles. The van der Waals surface area contributed by atoms with Crippen molar-refractivity contribution in [1.29, 1.82) is 0 Å². The third-order valence-electron chi connectivity index (χ3n) is 3.53. The Balaban J connectivity index is 0.000000722. The number of allylic oxidation sites excluding steroid dienone is 8. The van der Waals surface area contributed by atoms with Gasteiger partial charge in [0.25, 0.3) is 0 Å². The van der Waals surface area contributed by atoms with E-state index < -0.39 is 0 Å². The molecule has 0 amide bonds. The molecule has 17 heavy (non-hydrogen) atoms. The summed E-state index contributed by atoms with van der Waals surface area (Å²) < 4.78 is 2.70. The largest absolute Gasteiger partial charge is 1.00 e. The van der Waals surface area contributed by atoms with Crippen molar-refractivity contribution in [1.82, 2.24) is 0 Å². The van der Waals surface area contributed by atoms with Gasteiger partial charge in [0.2, 0.25) is 0 Å². The molecule has 0 heterocycles. The molecule has 0 aliphatic heterocycles. The van der Waals surface area contributed by atoms with Crippen molar-refractivity contribution in [2.24, 2.45) is 0 Å². The maximum absolute atomic E-state index is 2.52. The molecule has 0 saturated carbocycles. The molecule has 3 aliphatic rings. The van der Waals surface area contributed by atoms with E-state index >= 15 is 0 Å². The molecule has 0 radical (unpaired) electrons. The number of rotatable bonds is 2. The van der Waals surface area contributed by atoms with Crippen LogP contribution in [0.5, 0.6) is 0 Å². The van der Waals surface area contributed by atoms with E-state index in [0.29, 0.717) is 0 Å². The first kappa shape index (κ1) is 15.5. The predicted octanol–water partition coefficient (Wildman–Crippen LogP) is -1.85. The Labute approximate surface area is 128 Å². The average Bonchev–Trinajstić information content (AvgIpc) is 2.89. The first-order chi connectivity index (χ1) is 7.43. The fraction of sp³-hybridized carbons (Fsp3) is 0.429. The van der Waals surface area contributed by atoms with E-state index in [9.17, 15) is 0 Å². The third kappa shape index (κ3) is 3.46. The fourth-order valence-corrected chi connectivity index (χ4v) is 6.46. The molecule has 3 rings (SSSR count). The van der Waals surface area contributed by atoms with Gasteiger partial charge in [-0.1, -0.05) is 0 Å². The van der Waals surface area contributed by atoms with E-state index in [4.69, 9.17) is 0 Å². The summed E-state index contributed by atoms with van der Waals surface area (Å²) in [6, 6.07) is 0. The van der Waals surface area contributed by atoms with Gasteiger partial charge in [0, 0.05) is 0 Å². The van der Waals surface area contributed by atoms with E-state index in [0.717, 1.165) is 3.63 Å². The SMILES string of the molecule is C1=CC[C]([Zr+2][CH]2C=CC3=C2CCCC3)=C1.[Cl-].[Cl-]. The van der Waals surface area contributed by atoms with Gasteiger partial charge < -0.3 is 24.8 Å². The molecular formula is C14H16Cl2Zr. The molecule has 0 aromatic carbocycles. The summed E-state index contributed by atoms with van der Waals surface area (Å²) >= 11 is -0.342. The Morgan fingerprint density at radius 1 is 1.12 bits per heavy atom. The number of halogens is 2. The predicted molar refractivity (Wildman–Crippen MR) is 60.2 cm³/mol. The normalized spacial score (nSPS) is 24.7. The summed E-state index contributed by atoms with van der Waals surface area (Å²) in [4.78, 5) is 0. The summed E-state index contributed by atoms with van der Waals surface area (Å²) in [6.07, 6.45) is 18.8. The molecule has 0 N–H and O–H groups in total. The zero-order valence-corrected chi connectivity index (χ0v) is 13.7. The van der Waals surface area contributed by atoms with Crippen LogP contribution >= 0.6 is 0 Å². The minimum atomic E-state index is -0.342. The van der Waals surface area contributed by atoms with Crippen molar-refractivity contribution in [2.75, 3.05) is 0 Å². The topological polar surface area (TPSA) is 0 Å². The fourth-order valence-electron chi connectivity index (χ4n) is 2.72. The molecule has 0 aromatic rings. The smallest absolute Gasteiger partial charge is 1.00 e. The molecule has 0 spiro atoms. The van der Waals surface area contributed by atoms with Crippen LogP contribution in [-0.4, -0.2) is 0 Å². The summed E-state index contributed by atoms with van der Waals surface area (Å²) in [7, 11) is 0. The molecule has 1 unspecified atom stereocenters. The quantitative estimate of drug-likeness (QED) is 0.551. The Morgan fingerprint density at radius 2 is 1.94 bits per heavy atom. The van der Waals surface area contributed by atoms with Crippen molar-refractivity contribution in [3.8, 4) is 0 Å². The van der Waals surface area contributed by atoms with E-state index in [1.807, 2.05) is 5.57 Å². The van der Waals surface area contributed by atoms with Gasteiger partial charge in [-0.05, 0) is 0 Å². The Kier molecular flexibility index (Phi) is 6.48. The number of hydrogen-bond acceptors (Lipinski definition) is 0. The van der Waals surface area contributed by atoms with E-state index in [2.05, 4.69) is 30.4 Å². The van der Waals surface area contributed by atoms with Crippen LogP contribution in [0.2, 0.25) is 3.63 Å². The molecule has 0 aromatic heterocycles. The van der Waals surface area contributed by atoms with Crippen molar-refractivity contribution >= 4 is 0 Å². The molecule has 3 heteroatoms. The van der Waals surface area contributed by atoms with Crippen LogP contribution in [0.25, 0.3) is 0 Å². The molecule has 1 atom stereocenters. The van der Waals surface area contributed by atoms with E-state index in [1.54, 1.807) is 8.85 Å². The summed E-state index contributed by atoms with van der Waals surface area (Å²) in [6.45, 7) is 0. The molecule has 0 fully saturated rings. The van der Waals surface area contributed by atoms with Crippen LogP contribution in [0.15, 0.2) is 44.8 Å². The van der Waals surface area contributed by atoms with Crippen LogP contribution < -0.4 is 24.8 Å². The maximum Gasteiger partial charge on any atom is -1.00 e. The molecule has 0 nitrogen and oxygen atoms in total. The first-order valence-electron chi connectivity index (χ1n) is 5.96. The number of hydrogen-bond donors (Lipinski definition) is 0. The second-order valence-corrected chi connectivity index (χ2v) is 8.38. The van der Waals surface area contributed by atoms with E-state index in [-0.39, 0.29) is 48.0 Å². The van der Waals surface area contributed by atoms with Gasteiger partial charge in [0.1, 0.15) is 0 Å². The maximum atomic E-state index is 2.52. The summed E-state index contributed by atoms with van der Waals surface area (Å²) in [5.41, 5.74) is 3.54. The second-order valence-electron chi connectivity index (χ2n) is 4.56. The first-order valence-corrected chi connectivity index (χ1v) is 8.61. The molecule has 90 valence electrons. The van der Waals surface area contributed by atoms with E-state index in [1.165, 1.54) is 32.1 Å². The van der Waals surface area contributed by atoms with Crippen LogP contribution in [0.1, 0.15) is 32.1 Å². The molecule has 0 saturated heterocycles. The van der Waals surface area contributed by atoms with Gasteiger partial charge in [0.05, 0.1) is 0 Å². The summed E-state index contributed by atoms with van der Waals surface area (Å²) in [5.74, 6) is 0. The van der Waals surface area contributed by atoms with Crippen LogP contribution in [0, 0.1) is 0 Å². The Bertz CT molecular complexity index is 391. The minimum Gasteiger partial charge on any atom is -1.00 e. The molecular weight excluding hydrogens is 330 g/mol. The Hall–Kier alpha value is 0.423. The minimum absolute atomic E-state index is 0. The third-order valence-corrected chi connectivity index (χ3v) is 7.45. The monoisotopic (exact) mass is 344 g/mol. The van der Waals surface area contributed by atoms with Gasteiger partial charge in [-0.2, -0.15) is 0 Å². The average molecular weight is 346 g/mol. The van der Waals surface area contributed by atoms with Gasteiger partial charge in [0.15, 0.2) is 0 Å². The van der Waals surface area contributed by atoms with Gasteiger partial charge in [-0.15, -0.1) is 0 Å². The van der Waals surface area contributed by atoms with Crippen molar-refractivity contribution in [3.05, 3.63) is 44.8 Å². The van der Waals surface area contributed by atoms with Crippen molar-refractivity contribution in [3.63, 3.8) is 0 Å². The Morgan fingerprint density at radius 3 is 2.71 bits per heavy atom. The zero-order chi connectivity index (χ0) is 10.1. The zero-order valence-electron chi connectivity index (χ0n) is 9.76. The van der Waals surface area contributed by atoms with Gasteiger partial charge in [-0.3, -0.25) is 0 Å². The van der Waals surface area contributed by atoms with Crippen LogP contribution in [-0.2, 0) is 23.2 Å². The van der Waals surface area contributed by atoms with Gasteiger partial charge >= 0.3 is 104 Å². The molecule has 0 bridgehead atoms. The van der Waals surface area contributed by atoms with Crippen molar-refractivity contribution in [2.45, 2.75) is 35.7 Å². The van der Waals surface area contributed by atoms with Crippen molar-refractivity contribution < 1.29 is 48.0 Å². The standard InChI is InChI=1S/C9H11.C5H5.2ClH.Zr/c1-2-5-9-7-3-6-8(9)4-1;1-2-4-5-3-1;;;/h3,6-7H,1-2,4-5H2;1-3H,4H2;2*1H;/q;;;;+2/p-2. The van der Waals surface area contributed by atoms with Crippen LogP contribution in [0.3, 0.4) is 0 Å². The van der Waals surface area contributed by atoms with Gasteiger partial charge in [-0.25, -0.2) is 0 Å². The second kappa shape index (κ2) is 7.12.